The minimum Gasteiger partial charge on any atom is -0.503 e. The summed E-state index contributed by atoms with van der Waals surface area (Å²) in [7, 11) is 0. The lowest BCUT2D eigenvalue weighted by Gasteiger charge is -2.06. The van der Waals surface area contributed by atoms with E-state index in [9.17, 15) is 5.11 Å². The van der Waals surface area contributed by atoms with E-state index in [-0.39, 0.29) is 16.8 Å². The van der Waals surface area contributed by atoms with Gasteiger partial charge in [-0.1, -0.05) is 35.3 Å². The summed E-state index contributed by atoms with van der Waals surface area (Å²) in [6.45, 7) is 0. The number of aromatic nitrogens is 2. The largest absolute Gasteiger partial charge is 0.503 e. The van der Waals surface area contributed by atoms with Gasteiger partial charge in [-0.25, -0.2) is 0 Å². The number of hydrogen-bond donors (Lipinski definition) is 1. The van der Waals surface area contributed by atoms with Gasteiger partial charge in [-0.15, -0.1) is 10.2 Å². The summed E-state index contributed by atoms with van der Waals surface area (Å²) in [5, 5.41) is 17.1. The Labute approximate surface area is 101 Å². The van der Waals surface area contributed by atoms with Gasteiger partial charge in [0.25, 0.3) is 5.88 Å². The lowest BCUT2D eigenvalue weighted by atomic mass is 10.3. The quantitative estimate of drug-likeness (QED) is 0.896. The molecule has 0 aliphatic heterocycles. The molecule has 0 saturated heterocycles. The molecule has 0 radical (unpaired) electrons. The van der Waals surface area contributed by atoms with Crippen LogP contribution in [0.5, 0.6) is 17.4 Å². The Morgan fingerprint density at radius 3 is 2.56 bits per heavy atom. The highest BCUT2D eigenvalue weighted by Crippen LogP contribution is 2.32. The lowest BCUT2D eigenvalue weighted by molar-refractivity contribution is 0.392. The third kappa shape index (κ3) is 2.35. The molecule has 0 spiro atoms. The van der Waals surface area contributed by atoms with E-state index >= 15 is 0 Å². The summed E-state index contributed by atoms with van der Waals surface area (Å²) in [6.07, 6.45) is 0. The predicted octanol–water partition coefficient (Wildman–Crippen LogP) is 3.28. The molecule has 2 rings (SSSR count). The topological polar surface area (TPSA) is 55.2 Å². The van der Waals surface area contributed by atoms with Crippen LogP contribution in [0.15, 0.2) is 30.3 Å². The van der Waals surface area contributed by atoms with Crippen molar-refractivity contribution in [1.82, 2.24) is 10.2 Å². The summed E-state index contributed by atoms with van der Waals surface area (Å²) in [6, 6.07) is 8.07. The van der Waals surface area contributed by atoms with Crippen molar-refractivity contribution in [3.05, 3.63) is 40.5 Å². The predicted molar refractivity (Wildman–Crippen MR) is 60.2 cm³/mol. The van der Waals surface area contributed by atoms with Gasteiger partial charge >= 0.3 is 0 Å². The van der Waals surface area contributed by atoms with Crippen molar-refractivity contribution in [2.75, 3.05) is 0 Å². The molecular weight excluding hydrogens is 251 g/mol. The Morgan fingerprint density at radius 2 is 1.88 bits per heavy atom. The van der Waals surface area contributed by atoms with E-state index in [1.807, 2.05) is 0 Å². The fourth-order valence-corrected chi connectivity index (χ4v) is 1.37. The van der Waals surface area contributed by atoms with Gasteiger partial charge < -0.3 is 9.84 Å². The minimum atomic E-state index is -0.195. The molecule has 0 aliphatic carbocycles. The SMILES string of the molecule is Oc1cc(Cl)nnc1Oc1ccccc1Cl. The molecule has 1 aromatic carbocycles. The summed E-state index contributed by atoms with van der Waals surface area (Å²) in [5.74, 6) is 0.147. The van der Waals surface area contributed by atoms with E-state index in [0.29, 0.717) is 10.8 Å². The summed E-state index contributed by atoms with van der Waals surface area (Å²) in [5.41, 5.74) is 0. The number of benzene rings is 1. The Balaban J connectivity index is 2.31. The molecule has 2 aromatic rings. The molecule has 0 aliphatic rings. The van der Waals surface area contributed by atoms with Gasteiger partial charge in [-0.2, -0.15) is 0 Å². The molecule has 0 amide bonds. The van der Waals surface area contributed by atoms with Gasteiger partial charge in [-0.05, 0) is 12.1 Å². The lowest BCUT2D eigenvalue weighted by Crippen LogP contribution is -1.91. The second kappa shape index (κ2) is 4.55. The van der Waals surface area contributed by atoms with Crippen LogP contribution in [-0.4, -0.2) is 15.3 Å². The fraction of sp³-hybridized carbons (Fsp3) is 0. The molecule has 0 atom stereocenters. The summed E-state index contributed by atoms with van der Waals surface area (Å²) < 4.78 is 5.28. The number of ether oxygens (including phenoxy) is 1. The van der Waals surface area contributed by atoms with Gasteiger partial charge in [0, 0.05) is 6.07 Å². The van der Waals surface area contributed by atoms with Crippen LogP contribution in [0.25, 0.3) is 0 Å². The van der Waals surface area contributed by atoms with Gasteiger partial charge in [0.2, 0.25) is 0 Å². The van der Waals surface area contributed by atoms with Crippen molar-refractivity contribution in [1.29, 1.82) is 0 Å². The highest BCUT2D eigenvalue weighted by molar-refractivity contribution is 6.32. The Bertz CT molecular complexity index is 520. The fourth-order valence-electron chi connectivity index (χ4n) is 1.05. The van der Waals surface area contributed by atoms with Crippen molar-refractivity contribution < 1.29 is 9.84 Å². The monoisotopic (exact) mass is 256 g/mol. The average molecular weight is 257 g/mol. The van der Waals surface area contributed by atoms with Crippen LogP contribution in [-0.2, 0) is 0 Å². The zero-order chi connectivity index (χ0) is 11.5. The van der Waals surface area contributed by atoms with E-state index in [1.54, 1.807) is 24.3 Å². The highest BCUT2D eigenvalue weighted by Gasteiger charge is 2.09. The number of aromatic hydroxyl groups is 1. The van der Waals surface area contributed by atoms with Crippen LogP contribution in [0, 0.1) is 0 Å². The number of para-hydroxylation sites is 1. The number of rotatable bonds is 2. The molecule has 16 heavy (non-hydrogen) atoms. The summed E-state index contributed by atoms with van der Waals surface area (Å²) in [4.78, 5) is 0. The Hall–Kier alpha value is -1.52. The van der Waals surface area contributed by atoms with Crippen molar-refractivity contribution >= 4 is 23.2 Å². The summed E-state index contributed by atoms with van der Waals surface area (Å²) >= 11 is 11.4. The molecule has 0 fully saturated rings. The zero-order valence-corrected chi connectivity index (χ0v) is 9.40. The minimum absolute atomic E-state index is 0.0440. The average Bonchev–Trinajstić information content (AvgIpc) is 2.25. The normalized spacial score (nSPS) is 10.1. The van der Waals surface area contributed by atoms with Crippen LogP contribution in [0.2, 0.25) is 10.2 Å². The van der Waals surface area contributed by atoms with Gasteiger partial charge in [0.05, 0.1) is 5.02 Å². The van der Waals surface area contributed by atoms with E-state index in [1.165, 1.54) is 6.07 Å². The molecule has 6 heteroatoms. The first-order valence-corrected chi connectivity index (χ1v) is 5.07. The first kappa shape index (κ1) is 11.0. The van der Waals surface area contributed by atoms with E-state index in [4.69, 9.17) is 27.9 Å². The molecule has 0 unspecified atom stereocenters. The van der Waals surface area contributed by atoms with Crippen LogP contribution in [0.1, 0.15) is 0 Å². The van der Waals surface area contributed by atoms with Crippen LogP contribution < -0.4 is 4.74 Å². The second-order valence-corrected chi connectivity index (χ2v) is 3.68. The number of hydrogen-bond acceptors (Lipinski definition) is 4. The molecule has 4 nitrogen and oxygen atoms in total. The molecule has 0 saturated carbocycles. The maximum absolute atomic E-state index is 9.49. The van der Waals surface area contributed by atoms with Crippen LogP contribution in [0.3, 0.4) is 0 Å². The maximum Gasteiger partial charge on any atom is 0.281 e. The molecule has 82 valence electrons. The van der Waals surface area contributed by atoms with Crippen LogP contribution >= 0.6 is 23.2 Å². The standard InChI is InChI=1S/C10H6Cl2N2O2/c11-6-3-1-2-4-8(6)16-10-7(15)5-9(12)13-14-10/h1-5H,(H,13,15). The van der Waals surface area contributed by atoms with E-state index in [0.717, 1.165) is 0 Å². The number of nitrogens with zero attached hydrogens (tertiary/aromatic N) is 2. The van der Waals surface area contributed by atoms with Gasteiger partial charge in [-0.3, -0.25) is 0 Å². The van der Waals surface area contributed by atoms with Crippen molar-refractivity contribution in [2.45, 2.75) is 0 Å². The molecule has 0 bridgehead atoms. The van der Waals surface area contributed by atoms with E-state index in [2.05, 4.69) is 10.2 Å². The third-order valence-corrected chi connectivity index (χ3v) is 2.25. The molecule has 1 N–H and O–H groups in total. The Kier molecular flexibility index (Phi) is 3.12. The first-order valence-electron chi connectivity index (χ1n) is 4.31. The molecule has 1 aromatic heterocycles. The zero-order valence-electron chi connectivity index (χ0n) is 7.89. The second-order valence-electron chi connectivity index (χ2n) is 2.89. The maximum atomic E-state index is 9.49. The van der Waals surface area contributed by atoms with Gasteiger partial charge in [0.15, 0.2) is 10.9 Å². The molecular formula is C10H6Cl2N2O2. The van der Waals surface area contributed by atoms with Crippen molar-refractivity contribution in [3.63, 3.8) is 0 Å². The highest BCUT2D eigenvalue weighted by atomic mass is 35.5. The van der Waals surface area contributed by atoms with Gasteiger partial charge in [0.1, 0.15) is 5.75 Å². The van der Waals surface area contributed by atoms with E-state index < -0.39 is 0 Å². The van der Waals surface area contributed by atoms with Crippen molar-refractivity contribution in [2.24, 2.45) is 0 Å². The Morgan fingerprint density at radius 1 is 1.12 bits per heavy atom. The third-order valence-electron chi connectivity index (χ3n) is 1.75. The van der Waals surface area contributed by atoms with Crippen molar-refractivity contribution in [3.8, 4) is 17.4 Å². The van der Waals surface area contributed by atoms with Crippen LogP contribution in [0.4, 0.5) is 0 Å². The number of halogens is 2. The smallest absolute Gasteiger partial charge is 0.281 e. The first-order chi connectivity index (χ1) is 7.66. The molecule has 1 heterocycles.